The van der Waals surface area contributed by atoms with E-state index in [1.165, 1.54) is 0 Å². The maximum atomic E-state index is 13.6. The van der Waals surface area contributed by atoms with Crippen LogP contribution in [0.3, 0.4) is 0 Å². The summed E-state index contributed by atoms with van der Waals surface area (Å²) < 4.78 is 31.8. The lowest BCUT2D eigenvalue weighted by Crippen LogP contribution is -2.31. The smallest absolute Gasteiger partial charge is 0.261 e. The van der Waals surface area contributed by atoms with Gasteiger partial charge in [0, 0.05) is 6.42 Å². The molecule has 1 N–H and O–H groups in total. The van der Waals surface area contributed by atoms with Crippen LogP contribution < -0.4 is 5.32 Å². The first-order valence-electron chi connectivity index (χ1n) is 6.71. The average molecular weight is 279 g/mol. The van der Waals surface area contributed by atoms with E-state index in [0.29, 0.717) is 18.2 Å². The Morgan fingerprint density at radius 1 is 1.35 bits per heavy atom. The highest BCUT2D eigenvalue weighted by atomic mass is 19.1. The van der Waals surface area contributed by atoms with E-state index < -0.39 is 11.6 Å². The van der Waals surface area contributed by atoms with Crippen LogP contribution in [0.1, 0.15) is 18.7 Å². The normalized spacial score (nSPS) is 19.2. The zero-order valence-electron chi connectivity index (χ0n) is 10.9. The van der Waals surface area contributed by atoms with E-state index in [9.17, 15) is 8.78 Å². The Morgan fingerprint density at radius 2 is 2.25 bits per heavy atom. The number of aromatic nitrogens is 2. The molecule has 3 rings (SSSR count). The van der Waals surface area contributed by atoms with Crippen LogP contribution in [0.15, 0.2) is 22.7 Å². The molecule has 0 aliphatic carbocycles. The Kier molecular flexibility index (Phi) is 3.73. The van der Waals surface area contributed by atoms with Gasteiger partial charge in [0.1, 0.15) is 11.6 Å². The van der Waals surface area contributed by atoms with Gasteiger partial charge < -0.3 is 9.84 Å². The summed E-state index contributed by atoms with van der Waals surface area (Å²) in [6, 6.07) is 3.18. The molecule has 1 aromatic heterocycles. The number of nitrogens with one attached hydrogen (secondary N) is 1. The molecule has 4 nitrogen and oxygen atoms in total. The minimum absolute atomic E-state index is 0.00511. The van der Waals surface area contributed by atoms with E-state index in [-0.39, 0.29) is 11.5 Å². The summed E-state index contributed by atoms with van der Waals surface area (Å²) in [7, 11) is 0. The van der Waals surface area contributed by atoms with Crippen LogP contribution in [0.2, 0.25) is 0 Å². The van der Waals surface area contributed by atoms with E-state index in [4.69, 9.17) is 4.52 Å². The van der Waals surface area contributed by atoms with Gasteiger partial charge in [-0.2, -0.15) is 4.98 Å². The van der Waals surface area contributed by atoms with Crippen LogP contribution >= 0.6 is 0 Å². The van der Waals surface area contributed by atoms with Crippen molar-refractivity contribution >= 4 is 0 Å². The first-order valence-corrected chi connectivity index (χ1v) is 6.71. The Labute approximate surface area is 115 Å². The third kappa shape index (κ3) is 2.85. The monoisotopic (exact) mass is 279 g/mol. The van der Waals surface area contributed by atoms with Gasteiger partial charge in [-0.25, -0.2) is 8.78 Å². The van der Waals surface area contributed by atoms with E-state index in [1.54, 1.807) is 0 Å². The van der Waals surface area contributed by atoms with Crippen molar-refractivity contribution in [1.29, 1.82) is 0 Å². The number of piperidine rings is 1. The van der Waals surface area contributed by atoms with Crippen LogP contribution in [0.4, 0.5) is 8.78 Å². The summed E-state index contributed by atoms with van der Waals surface area (Å²) in [5.41, 5.74) is 0.00511. The molecule has 1 aliphatic heterocycles. The van der Waals surface area contributed by atoms with Crippen LogP contribution in [-0.4, -0.2) is 23.2 Å². The molecule has 0 radical (unpaired) electrons. The van der Waals surface area contributed by atoms with Crippen LogP contribution in [0.5, 0.6) is 0 Å². The number of benzene rings is 1. The van der Waals surface area contributed by atoms with Gasteiger partial charge >= 0.3 is 0 Å². The molecule has 0 spiro atoms. The molecule has 0 saturated carbocycles. The molecule has 1 saturated heterocycles. The van der Waals surface area contributed by atoms with Crippen LogP contribution in [-0.2, 0) is 6.42 Å². The van der Waals surface area contributed by atoms with Gasteiger partial charge in [0.2, 0.25) is 0 Å². The van der Waals surface area contributed by atoms with Gasteiger partial charge in [0.15, 0.2) is 5.82 Å². The predicted octanol–water partition coefficient (Wildman–Crippen LogP) is 2.56. The van der Waals surface area contributed by atoms with Crippen LogP contribution in [0, 0.1) is 17.6 Å². The van der Waals surface area contributed by atoms with Crippen molar-refractivity contribution in [1.82, 2.24) is 15.5 Å². The zero-order chi connectivity index (χ0) is 13.9. The molecular weight excluding hydrogens is 264 g/mol. The second-order valence-corrected chi connectivity index (χ2v) is 5.06. The van der Waals surface area contributed by atoms with Gasteiger partial charge in [-0.1, -0.05) is 5.16 Å². The standard InChI is InChI=1S/C14H15F2N3O/c15-10-3-4-12(16)11(7-10)14-18-13(19-20-14)6-9-2-1-5-17-8-9/h3-4,7,9,17H,1-2,5-6,8H2. The molecule has 1 aromatic carbocycles. The molecule has 0 amide bonds. The highest BCUT2D eigenvalue weighted by Crippen LogP contribution is 2.23. The summed E-state index contributed by atoms with van der Waals surface area (Å²) >= 11 is 0. The molecule has 0 bridgehead atoms. The molecule has 2 aromatic rings. The minimum atomic E-state index is -0.569. The van der Waals surface area contributed by atoms with Gasteiger partial charge in [-0.05, 0) is 50.0 Å². The van der Waals surface area contributed by atoms with E-state index in [0.717, 1.165) is 44.1 Å². The van der Waals surface area contributed by atoms with Crippen molar-refractivity contribution in [2.24, 2.45) is 5.92 Å². The molecule has 20 heavy (non-hydrogen) atoms. The Morgan fingerprint density at radius 3 is 3.05 bits per heavy atom. The summed E-state index contributed by atoms with van der Waals surface area (Å²) in [6.45, 7) is 1.97. The van der Waals surface area contributed by atoms with Crippen LogP contribution in [0.25, 0.3) is 11.5 Å². The summed E-state index contributed by atoms with van der Waals surface area (Å²) in [4.78, 5) is 4.16. The minimum Gasteiger partial charge on any atom is -0.334 e. The average Bonchev–Trinajstić information content (AvgIpc) is 2.91. The fourth-order valence-electron chi connectivity index (χ4n) is 2.46. The van der Waals surface area contributed by atoms with E-state index in [2.05, 4.69) is 15.5 Å². The molecule has 1 unspecified atom stereocenters. The zero-order valence-corrected chi connectivity index (χ0v) is 10.9. The molecular formula is C14H15F2N3O. The lowest BCUT2D eigenvalue weighted by molar-refractivity contribution is 0.359. The topological polar surface area (TPSA) is 51.0 Å². The van der Waals surface area contributed by atoms with Gasteiger partial charge in [-0.15, -0.1) is 0 Å². The molecule has 6 heteroatoms. The maximum absolute atomic E-state index is 13.6. The van der Waals surface area contributed by atoms with Crippen molar-refractivity contribution in [2.75, 3.05) is 13.1 Å². The number of rotatable bonds is 3. The SMILES string of the molecule is Fc1ccc(F)c(-c2nc(CC3CCCNC3)no2)c1. The van der Waals surface area contributed by atoms with Crippen molar-refractivity contribution in [3.63, 3.8) is 0 Å². The summed E-state index contributed by atoms with van der Waals surface area (Å²) in [5, 5.41) is 7.17. The quantitative estimate of drug-likeness (QED) is 0.938. The second kappa shape index (κ2) is 5.66. The molecule has 1 fully saturated rings. The summed E-state index contributed by atoms with van der Waals surface area (Å²) in [6.07, 6.45) is 2.94. The third-order valence-electron chi connectivity index (χ3n) is 3.50. The summed E-state index contributed by atoms with van der Waals surface area (Å²) in [5.74, 6) is -0.0664. The van der Waals surface area contributed by atoms with Crippen molar-refractivity contribution in [2.45, 2.75) is 19.3 Å². The Hall–Kier alpha value is -1.82. The Balaban J connectivity index is 1.77. The predicted molar refractivity (Wildman–Crippen MR) is 68.9 cm³/mol. The van der Waals surface area contributed by atoms with Crippen molar-refractivity contribution in [3.05, 3.63) is 35.7 Å². The molecule has 106 valence electrons. The molecule has 1 atom stereocenters. The molecule has 1 aliphatic rings. The van der Waals surface area contributed by atoms with Crippen molar-refractivity contribution in [3.8, 4) is 11.5 Å². The lowest BCUT2D eigenvalue weighted by atomic mass is 9.96. The number of hydrogen-bond donors (Lipinski definition) is 1. The van der Waals surface area contributed by atoms with Gasteiger partial charge in [0.25, 0.3) is 5.89 Å². The second-order valence-electron chi connectivity index (χ2n) is 5.06. The third-order valence-corrected chi connectivity index (χ3v) is 3.50. The molecule has 2 heterocycles. The first-order chi connectivity index (χ1) is 9.72. The first kappa shape index (κ1) is 13.2. The fraction of sp³-hybridized carbons (Fsp3) is 0.429. The highest BCUT2D eigenvalue weighted by Gasteiger charge is 2.19. The van der Waals surface area contributed by atoms with E-state index >= 15 is 0 Å². The van der Waals surface area contributed by atoms with Crippen molar-refractivity contribution < 1.29 is 13.3 Å². The van der Waals surface area contributed by atoms with Gasteiger partial charge in [0.05, 0.1) is 5.56 Å². The highest BCUT2D eigenvalue weighted by molar-refractivity contribution is 5.53. The van der Waals surface area contributed by atoms with Gasteiger partial charge in [-0.3, -0.25) is 0 Å². The lowest BCUT2D eigenvalue weighted by Gasteiger charge is -2.20. The number of nitrogens with zero attached hydrogens (tertiary/aromatic N) is 2. The number of halogens is 2. The number of hydrogen-bond acceptors (Lipinski definition) is 4. The largest absolute Gasteiger partial charge is 0.334 e. The van der Waals surface area contributed by atoms with E-state index in [1.807, 2.05) is 0 Å². The Bertz CT molecular complexity index is 594. The fourth-order valence-corrected chi connectivity index (χ4v) is 2.46. The maximum Gasteiger partial charge on any atom is 0.261 e.